The van der Waals surface area contributed by atoms with Gasteiger partial charge in [0, 0.05) is 29.3 Å². The van der Waals surface area contributed by atoms with E-state index >= 15 is 0 Å². The molecule has 0 spiro atoms. The molecule has 2 atom stereocenters. The lowest BCUT2D eigenvalue weighted by Crippen LogP contribution is -2.34. The van der Waals surface area contributed by atoms with E-state index in [0.717, 1.165) is 31.2 Å². The van der Waals surface area contributed by atoms with Crippen LogP contribution in [-0.4, -0.2) is 23.9 Å². The summed E-state index contributed by atoms with van der Waals surface area (Å²) in [7, 11) is 0. The van der Waals surface area contributed by atoms with E-state index in [-0.39, 0.29) is 42.2 Å². The van der Waals surface area contributed by atoms with Crippen LogP contribution in [0.25, 0.3) is 0 Å². The van der Waals surface area contributed by atoms with Crippen LogP contribution in [0.1, 0.15) is 55.5 Å². The minimum Gasteiger partial charge on any atom is -0.350 e. The Morgan fingerprint density at radius 3 is 2.58 bits per heavy atom. The highest BCUT2D eigenvalue weighted by Crippen LogP contribution is 2.25. The summed E-state index contributed by atoms with van der Waals surface area (Å²) in [5, 5.41) is 5.81. The van der Waals surface area contributed by atoms with Crippen molar-refractivity contribution in [3.63, 3.8) is 0 Å². The van der Waals surface area contributed by atoms with Gasteiger partial charge in [0.1, 0.15) is 0 Å². The molecule has 0 bridgehead atoms. The van der Waals surface area contributed by atoms with Gasteiger partial charge in [-0.15, -0.1) is 12.4 Å². The lowest BCUT2D eigenvalue weighted by atomic mass is 9.85. The molecular formula is C18H28ClN3O2. The van der Waals surface area contributed by atoms with E-state index < -0.39 is 0 Å². The molecule has 1 aromatic carbocycles. The van der Waals surface area contributed by atoms with E-state index in [9.17, 15) is 9.59 Å². The van der Waals surface area contributed by atoms with E-state index in [0.29, 0.717) is 11.3 Å². The molecule has 1 aliphatic carbocycles. The van der Waals surface area contributed by atoms with E-state index in [4.69, 9.17) is 5.73 Å². The second-order valence-corrected chi connectivity index (χ2v) is 6.77. The van der Waals surface area contributed by atoms with Gasteiger partial charge in [-0.05, 0) is 57.7 Å². The van der Waals surface area contributed by atoms with Crippen molar-refractivity contribution in [3.05, 3.63) is 29.3 Å². The molecule has 2 amide bonds. The lowest BCUT2D eigenvalue weighted by molar-refractivity contribution is -0.120. The van der Waals surface area contributed by atoms with Crippen LogP contribution in [0.4, 0.5) is 5.69 Å². The molecule has 0 aliphatic heterocycles. The maximum absolute atomic E-state index is 12.4. The number of carbonyl (C=O) groups excluding carboxylic acids is 2. The van der Waals surface area contributed by atoms with E-state index in [1.165, 1.54) is 0 Å². The molecule has 1 aromatic rings. The van der Waals surface area contributed by atoms with Crippen LogP contribution in [0.15, 0.2) is 18.2 Å². The van der Waals surface area contributed by atoms with Crippen molar-refractivity contribution in [1.29, 1.82) is 0 Å². The average molecular weight is 354 g/mol. The molecule has 0 aromatic heterocycles. The number of hydrogen-bond acceptors (Lipinski definition) is 3. The Labute approximate surface area is 150 Å². The first-order valence-corrected chi connectivity index (χ1v) is 8.34. The van der Waals surface area contributed by atoms with Gasteiger partial charge in [0.15, 0.2) is 0 Å². The van der Waals surface area contributed by atoms with Gasteiger partial charge in [-0.2, -0.15) is 0 Å². The number of aryl methyl sites for hydroxylation is 1. The van der Waals surface area contributed by atoms with Crippen molar-refractivity contribution in [3.8, 4) is 0 Å². The number of amides is 2. The van der Waals surface area contributed by atoms with Gasteiger partial charge in [-0.25, -0.2) is 0 Å². The minimum atomic E-state index is -0.117. The molecule has 2 unspecified atom stereocenters. The van der Waals surface area contributed by atoms with Crippen molar-refractivity contribution in [1.82, 2.24) is 5.32 Å². The third-order valence-corrected chi connectivity index (χ3v) is 4.26. The lowest BCUT2D eigenvalue weighted by Gasteiger charge is -2.25. The number of benzene rings is 1. The third-order valence-electron chi connectivity index (χ3n) is 4.26. The smallest absolute Gasteiger partial charge is 0.251 e. The van der Waals surface area contributed by atoms with E-state index in [1.807, 2.05) is 32.9 Å². The van der Waals surface area contributed by atoms with Crippen LogP contribution < -0.4 is 16.4 Å². The van der Waals surface area contributed by atoms with E-state index in [2.05, 4.69) is 10.6 Å². The van der Waals surface area contributed by atoms with Gasteiger partial charge >= 0.3 is 0 Å². The summed E-state index contributed by atoms with van der Waals surface area (Å²) < 4.78 is 0. The van der Waals surface area contributed by atoms with Crippen molar-refractivity contribution in [2.75, 3.05) is 5.32 Å². The van der Waals surface area contributed by atoms with Crippen LogP contribution in [-0.2, 0) is 4.79 Å². The fourth-order valence-electron chi connectivity index (χ4n) is 2.99. The molecule has 6 heteroatoms. The first-order valence-electron chi connectivity index (χ1n) is 8.34. The number of nitrogens with two attached hydrogens (primary N) is 1. The summed E-state index contributed by atoms with van der Waals surface area (Å²) in [5.41, 5.74) is 8.10. The predicted octanol–water partition coefficient (Wildman–Crippen LogP) is 3.01. The molecule has 24 heavy (non-hydrogen) atoms. The quantitative estimate of drug-likeness (QED) is 0.777. The van der Waals surface area contributed by atoms with Crippen LogP contribution in [0, 0.1) is 12.8 Å². The fraction of sp³-hybridized carbons (Fsp3) is 0.556. The van der Waals surface area contributed by atoms with Gasteiger partial charge in [0.25, 0.3) is 5.91 Å². The van der Waals surface area contributed by atoms with Crippen LogP contribution in [0.2, 0.25) is 0 Å². The monoisotopic (exact) mass is 353 g/mol. The Bertz CT molecular complexity index is 590. The zero-order valence-electron chi connectivity index (χ0n) is 14.6. The summed E-state index contributed by atoms with van der Waals surface area (Å²) in [6.07, 6.45) is 3.60. The van der Waals surface area contributed by atoms with Crippen LogP contribution in [0.3, 0.4) is 0 Å². The molecule has 1 fully saturated rings. The van der Waals surface area contributed by atoms with Gasteiger partial charge < -0.3 is 16.4 Å². The molecule has 4 N–H and O–H groups in total. The summed E-state index contributed by atoms with van der Waals surface area (Å²) >= 11 is 0. The fourth-order valence-corrected chi connectivity index (χ4v) is 2.99. The van der Waals surface area contributed by atoms with Crippen molar-refractivity contribution in [2.45, 2.75) is 58.5 Å². The third kappa shape index (κ3) is 5.49. The number of anilines is 1. The maximum atomic E-state index is 12.4. The standard InChI is InChI=1S/C18H27N3O2.ClH/c1-11(2)20-18(23)16-10-15(8-7-12(16)3)21-17(22)13-5-4-6-14(19)9-13;/h7-8,10-11,13-14H,4-6,9,19H2,1-3H3,(H,20,23)(H,21,22);1H. The Hall–Kier alpha value is -1.59. The zero-order chi connectivity index (χ0) is 17.0. The van der Waals surface area contributed by atoms with Gasteiger partial charge in [-0.1, -0.05) is 12.5 Å². The highest BCUT2D eigenvalue weighted by Gasteiger charge is 2.25. The number of hydrogen-bond donors (Lipinski definition) is 3. The number of carbonyl (C=O) groups is 2. The Morgan fingerprint density at radius 2 is 1.96 bits per heavy atom. The predicted molar refractivity (Wildman–Crippen MR) is 99.6 cm³/mol. The zero-order valence-corrected chi connectivity index (χ0v) is 15.4. The molecule has 0 saturated heterocycles. The molecule has 134 valence electrons. The van der Waals surface area contributed by atoms with Crippen molar-refractivity contribution < 1.29 is 9.59 Å². The Morgan fingerprint density at radius 1 is 1.25 bits per heavy atom. The SMILES string of the molecule is Cc1ccc(NC(=O)C2CCCC(N)C2)cc1C(=O)NC(C)C.Cl. The highest BCUT2D eigenvalue weighted by molar-refractivity contribution is 5.98. The normalized spacial score (nSPS) is 20.2. The van der Waals surface area contributed by atoms with Crippen LogP contribution >= 0.6 is 12.4 Å². The molecule has 1 saturated carbocycles. The molecule has 0 radical (unpaired) electrons. The van der Waals surface area contributed by atoms with Crippen molar-refractivity contribution >= 4 is 29.9 Å². The minimum absolute atomic E-state index is 0. The van der Waals surface area contributed by atoms with Gasteiger partial charge in [0.05, 0.1) is 0 Å². The molecule has 1 aliphatic rings. The first-order chi connectivity index (χ1) is 10.9. The second-order valence-electron chi connectivity index (χ2n) is 6.77. The maximum Gasteiger partial charge on any atom is 0.251 e. The van der Waals surface area contributed by atoms with Gasteiger partial charge in [-0.3, -0.25) is 9.59 Å². The topological polar surface area (TPSA) is 84.2 Å². The number of rotatable bonds is 4. The molecular weight excluding hydrogens is 326 g/mol. The average Bonchev–Trinajstić information content (AvgIpc) is 2.48. The highest BCUT2D eigenvalue weighted by atomic mass is 35.5. The first kappa shape index (κ1) is 20.5. The molecule has 2 rings (SSSR count). The number of halogens is 1. The summed E-state index contributed by atoms with van der Waals surface area (Å²) in [4.78, 5) is 24.6. The number of nitrogens with one attached hydrogen (secondary N) is 2. The largest absolute Gasteiger partial charge is 0.350 e. The summed E-state index contributed by atoms with van der Waals surface area (Å²) in [6.45, 7) is 5.73. The molecule has 5 nitrogen and oxygen atoms in total. The molecule has 0 heterocycles. The van der Waals surface area contributed by atoms with Crippen LogP contribution in [0.5, 0.6) is 0 Å². The second kappa shape index (κ2) is 9.04. The van der Waals surface area contributed by atoms with Crippen molar-refractivity contribution in [2.24, 2.45) is 11.7 Å². The summed E-state index contributed by atoms with van der Waals surface area (Å²) in [5.74, 6) is -0.152. The Kier molecular flexibility index (Phi) is 7.70. The summed E-state index contributed by atoms with van der Waals surface area (Å²) in [6, 6.07) is 5.63. The Balaban J connectivity index is 0.00000288. The van der Waals surface area contributed by atoms with Gasteiger partial charge in [0.2, 0.25) is 5.91 Å². The van der Waals surface area contributed by atoms with E-state index in [1.54, 1.807) is 6.07 Å².